The van der Waals surface area contributed by atoms with Gasteiger partial charge in [0.1, 0.15) is 5.82 Å². The number of hydrogen-bond acceptors (Lipinski definition) is 2. The van der Waals surface area contributed by atoms with Gasteiger partial charge in [-0.3, -0.25) is 0 Å². The first-order chi connectivity index (χ1) is 10.1. The molecule has 0 aromatic heterocycles. The lowest BCUT2D eigenvalue weighted by Crippen LogP contribution is -2.30. The van der Waals surface area contributed by atoms with Gasteiger partial charge in [0.05, 0.1) is 4.47 Å². The SMILES string of the molecule is CNC(CSc1ccc(Cl)cc1)Cc1ccc(F)c(Br)c1. The Morgan fingerprint density at radius 2 is 1.95 bits per heavy atom. The van der Waals surface area contributed by atoms with E-state index in [0.29, 0.717) is 10.5 Å². The van der Waals surface area contributed by atoms with Crippen LogP contribution in [0.1, 0.15) is 5.56 Å². The summed E-state index contributed by atoms with van der Waals surface area (Å²) in [5, 5.41) is 4.06. The van der Waals surface area contributed by atoms with Gasteiger partial charge in [0.25, 0.3) is 0 Å². The van der Waals surface area contributed by atoms with E-state index in [1.165, 1.54) is 11.0 Å². The molecule has 1 unspecified atom stereocenters. The molecule has 112 valence electrons. The molecule has 2 rings (SSSR count). The normalized spacial score (nSPS) is 12.4. The molecular formula is C16H16BrClFNS. The lowest BCUT2D eigenvalue weighted by Gasteiger charge is -2.16. The predicted octanol–water partition coefficient (Wildman–Crippen LogP) is 5.16. The second-order valence-corrected chi connectivity index (χ2v) is 7.09. The van der Waals surface area contributed by atoms with Gasteiger partial charge in [-0.1, -0.05) is 17.7 Å². The van der Waals surface area contributed by atoms with Crippen LogP contribution in [0.25, 0.3) is 0 Å². The zero-order chi connectivity index (χ0) is 15.2. The monoisotopic (exact) mass is 387 g/mol. The van der Waals surface area contributed by atoms with Crippen LogP contribution in [0, 0.1) is 5.82 Å². The van der Waals surface area contributed by atoms with E-state index in [2.05, 4.69) is 21.2 Å². The third-order valence-electron chi connectivity index (χ3n) is 3.14. The number of nitrogens with one attached hydrogen (secondary N) is 1. The lowest BCUT2D eigenvalue weighted by atomic mass is 10.1. The van der Waals surface area contributed by atoms with Crippen LogP contribution in [-0.4, -0.2) is 18.8 Å². The fourth-order valence-electron chi connectivity index (χ4n) is 1.92. The average Bonchev–Trinajstić information content (AvgIpc) is 2.49. The minimum absolute atomic E-state index is 0.227. The summed E-state index contributed by atoms with van der Waals surface area (Å²) in [5.41, 5.74) is 1.11. The average molecular weight is 389 g/mol. The highest BCUT2D eigenvalue weighted by molar-refractivity contribution is 9.10. The van der Waals surface area contributed by atoms with Crippen LogP contribution < -0.4 is 5.32 Å². The second-order valence-electron chi connectivity index (χ2n) is 4.70. The van der Waals surface area contributed by atoms with Crippen molar-refractivity contribution in [3.05, 3.63) is 63.3 Å². The number of thioether (sulfide) groups is 1. The Kier molecular flexibility index (Phi) is 6.55. The van der Waals surface area contributed by atoms with E-state index < -0.39 is 0 Å². The van der Waals surface area contributed by atoms with Crippen LogP contribution in [-0.2, 0) is 6.42 Å². The van der Waals surface area contributed by atoms with Crippen molar-refractivity contribution in [3.63, 3.8) is 0 Å². The van der Waals surface area contributed by atoms with Gasteiger partial charge in [-0.05, 0) is 71.4 Å². The van der Waals surface area contributed by atoms with Crippen molar-refractivity contribution in [2.75, 3.05) is 12.8 Å². The maximum Gasteiger partial charge on any atom is 0.137 e. The smallest absolute Gasteiger partial charge is 0.137 e. The van der Waals surface area contributed by atoms with E-state index >= 15 is 0 Å². The molecule has 0 heterocycles. The summed E-state index contributed by atoms with van der Waals surface area (Å²) in [5.74, 6) is 0.711. The van der Waals surface area contributed by atoms with Crippen LogP contribution >= 0.6 is 39.3 Å². The summed E-state index contributed by atoms with van der Waals surface area (Å²) in [6, 6.07) is 13.3. The zero-order valence-corrected chi connectivity index (χ0v) is 14.7. The minimum Gasteiger partial charge on any atom is -0.316 e. The first-order valence-electron chi connectivity index (χ1n) is 6.58. The molecule has 1 nitrogen and oxygen atoms in total. The quantitative estimate of drug-likeness (QED) is 0.686. The summed E-state index contributed by atoms with van der Waals surface area (Å²) >= 11 is 10.9. The third kappa shape index (κ3) is 5.29. The van der Waals surface area contributed by atoms with Crippen LogP contribution in [0.2, 0.25) is 5.02 Å². The van der Waals surface area contributed by atoms with E-state index in [1.54, 1.807) is 11.8 Å². The van der Waals surface area contributed by atoms with Gasteiger partial charge in [0.2, 0.25) is 0 Å². The summed E-state index contributed by atoms with van der Waals surface area (Å²) in [4.78, 5) is 1.19. The van der Waals surface area contributed by atoms with Gasteiger partial charge in [-0.2, -0.15) is 0 Å². The molecule has 0 saturated heterocycles. The molecule has 2 aromatic carbocycles. The van der Waals surface area contributed by atoms with E-state index in [-0.39, 0.29) is 5.82 Å². The molecule has 0 bridgehead atoms. The Hall–Kier alpha value is -0.550. The van der Waals surface area contributed by atoms with Gasteiger partial charge in [-0.25, -0.2) is 4.39 Å². The lowest BCUT2D eigenvalue weighted by molar-refractivity contribution is 0.606. The molecule has 0 aliphatic rings. The first-order valence-corrected chi connectivity index (χ1v) is 8.73. The van der Waals surface area contributed by atoms with Crippen LogP contribution in [0.15, 0.2) is 51.8 Å². The molecule has 0 spiro atoms. The van der Waals surface area contributed by atoms with Crippen LogP contribution in [0.5, 0.6) is 0 Å². The Morgan fingerprint density at radius 3 is 2.57 bits per heavy atom. The number of likely N-dealkylation sites (N-methyl/N-ethyl adjacent to an activating group) is 1. The second kappa shape index (κ2) is 8.18. The number of halogens is 3. The van der Waals surface area contributed by atoms with Gasteiger partial charge < -0.3 is 5.32 Å². The van der Waals surface area contributed by atoms with Gasteiger partial charge >= 0.3 is 0 Å². The van der Waals surface area contributed by atoms with Gasteiger partial charge in [0.15, 0.2) is 0 Å². The van der Waals surface area contributed by atoms with Crippen molar-refractivity contribution in [1.82, 2.24) is 5.32 Å². The van der Waals surface area contributed by atoms with Gasteiger partial charge in [0, 0.05) is 21.7 Å². The zero-order valence-electron chi connectivity index (χ0n) is 11.6. The third-order valence-corrected chi connectivity index (χ3v) is 5.17. The molecule has 0 radical (unpaired) electrons. The molecular weight excluding hydrogens is 373 g/mol. The van der Waals surface area contributed by atoms with Crippen molar-refractivity contribution < 1.29 is 4.39 Å². The maximum atomic E-state index is 13.2. The summed E-state index contributed by atoms with van der Waals surface area (Å²) in [6.45, 7) is 0. The van der Waals surface area contributed by atoms with Crippen molar-refractivity contribution >= 4 is 39.3 Å². The highest BCUT2D eigenvalue weighted by Gasteiger charge is 2.10. The minimum atomic E-state index is -0.227. The van der Waals surface area contributed by atoms with Gasteiger partial charge in [-0.15, -0.1) is 11.8 Å². The Bertz CT molecular complexity index is 591. The predicted molar refractivity (Wildman–Crippen MR) is 92.8 cm³/mol. The highest BCUT2D eigenvalue weighted by atomic mass is 79.9. The molecule has 21 heavy (non-hydrogen) atoms. The molecule has 5 heteroatoms. The highest BCUT2D eigenvalue weighted by Crippen LogP contribution is 2.23. The Morgan fingerprint density at radius 1 is 1.24 bits per heavy atom. The molecule has 0 amide bonds. The molecule has 0 fully saturated rings. The van der Waals surface area contributed by atoms with Crippen molar-refractivity contribution in [2.24, 2.45) is 0 Å². The number of rotatable bonds is 6. The Balaban J connectivity index is 1.93. The summed E-state index contributed by atoms with van der Waals surface area (Å²) in [6.07, 6.45) is 0.857. The molecule has 1 N–H and O–H groups in total. The maximum absolute atomic E-state index is 13.2. The van der Waals surface area contributed by atoms with E-state index in [0.717, 1.165) is 22.8 Å². The number of hydrogen-bond donors (Lipinski definition) is 1. The van der Waals surface area contributed by atoms with Crippen molar-refractivity contribution in [2.45, 2.75) is 17.4 Å². The largest absolute Gasteiger partial charge is 0.316 e. The van der Waals surface area contributed by atoms with Crippen LogP contribution in [0.4, 0.5) is 4.39 Å². The molecule has 2 aromatic rings. The van der Waals surface area contributed by atoms with E-state index in [9.17, 15) is 4.39 Å². The fraction of sp³-hybridized carbons (Fsp3) is 0.250. The topological polar surface area (TPSA) is 12.0 Å². The summed E-state index contributed by atoms with van der Waals surface area (Å²) < 4.78 is 13.8. The number of benzene rings is 2. The van der Waals surface area contributed by atoms with E-state index in [4.69, 9.17) is 11.6 Å². The van der Waals surface area contributed by atoms with Crippen molar-refractivity contribution in [3.8, 4) is 0 Å². The van der Waals surface area contributed by atoms with Crippen LogP contribution in [0.3, 0.4) is 0 Å². The molecule has 0 aliphatic carbocycles. The fourth-order valence-corrected chi connectivity index (χ4v) is 3.48. The first kappa shape index (κ1) is 16.8. The van der Waals surface area contributed by atoms with E-state index in [1.807, 2.05) is 43.4 Å². The standard InChI is InChI=1S/C16H16BrClFNS/c1-20-13(8-11-2-7-16(19)15(17)9-11)10-21-14-5-3-12(18)4-6-14/h2-7,9,13,20H,8,10H2,1H3. The Labute approximate surface area is 142 Å². The molecule has 0 saturated carbocycles. The molecule has 0 aliphatic heterocycles. The summed E-state index contributed by atoms with van der Waals surface area (Å²) in [7, 11) is 1.95. The van der Waals surface area contributed by atoms with Crippen molar-refractivity contribution in [1.29, 1.82) is 0 Å². The molecule has 1 atom stereocenters.